The first-order valence-corrected chi connectivity index (χ1v) is 7.87. The van der Waals surface area contributed by atoms with Crippen molar-refractivity contribution in [2.75, 3.05) is 11.9 Å². The van der Waals surface area contributed by atoms with E-state index in [1.54, 1.807) is 12.1 Å². The smallest absolute Gasteiger partial charge is 0.243 e. The van der Waals surface area contributed by atoms with E-state index in [1.165, 1.54) is 0 Å². The van der Waals surface area contributed by atoms with E-state index in [2.05, 4.69) is 10.6 Å². The predicted molar refractivity (Wildman–Crippen MR) is 92.5 cm³/mol. The van der Waals surface area contributed by atoms with Crippen molar-refractivity contribution in [2.45, 2.75) is 19.3 Å². The second kappa shape index (κ2) is 8.96. The highest BCUT2D eigenvalue weighted by Crippen LogP contribution is 2.12. The summed E-state index contributed by atoms with van der Waals surface area (Å²) in [6, 6.07) is 16.7. The molecule has 5 heteroatoms. The second-order valence-corrected chi connectivity index (χ2v) is 5.61. The zero-order valence-electron chi connectivity index (χ0n) is 12.7. The molecule has 2 aromatic carbocycles. The van der Waals surface area contributed by atoms with Crippen LogP contribution < -0.4 is 10.6 Å². The van der Waals surface area contributed by atoms with Crippen LogP contribution in [-0.4, -0.2) is 18.4 Å². The number of rotatable bonds is 7. The van der Waals surface area contributed by atoms with Crippen LogP contribution in [0.15, 0.2) is 54.6 Å². The van der Waals surface area contributed by atoms with Crippen LogP contribution in [0.4, 0.5) is 5.69 Å². The normalized spacial score (nSPS) is 10.1. The van der Waals surface area contributed by atoms with Crippen LogP contribution in [0.25, 0.3) is 0 Å². The van der Waals surface area contributed by atoms with E-state index >= 15 is 0 Å². The van der Waals surface area contributed by atoms with Gasteiger partial charge in [0, 0.05) is 17.1 Å². The van der Waals surface area contributed by atoms with Gasteiger partial charge in [0.1, 0.15) is 0 Å². The number of para-hydroxylation sites is 1. The average Bonchev–Trinajstić information content (AvgIpc) is 2.54. The summed E-state index contributed by atoms with van der Waals surface area (Å²) in [5.41, 5.74) is 1.82. The Hall–Kier alpha value is -2.33. The summed E-state index contributed by atoms with van der Waals surface area (Å²) in [6.07, 6.45) is 1.88. The van der Waals surface area contributed by atoms with Gasteiger partial charge in [0.25, 0.3) is 0 Å². The number of carbonyl (C=O) groups excluding carboxylic acids is 2. The fourth-order valence-corrected chi connectivity index (χ4v) is 2.35. The number of anilines is 1. The molecule has 0 aromatic heterocycles. The van der Waals surface area contributed by atoms with Crippen LogP contribution in [0.5, 0.6) is 0 Å². The van der Waals surface area contributed by atoms with Gasteiger partial charge in [0.2, 0.25) is 11.8 Å². The molecule has 2 N–H and O–H groups in total. The van der Waals surface area contributed by atoms with Gasteiger partial charge in [0.15, 0.2) is 0 Å². The van der Waals surface area contributed by atoms with Crippen molar-refractivity contribution in [1.29, 1.82) is 0 Å². The molecule has 2 rings (SSSR count). The van der Waals surface area contributed by atoms with Crippen LogP contribution in [0.3, 0.4) is 0 Å². The van der Waals surface area contributed by atoms with Gasteiger partial charge in [-0.25, -0.2) is 0 Å². The first kappa shape index (κ1) is 17.0. The van der Waals surface area contributed by atoms with E-state index in [0.29, 0.717) is 23.6 Å². The van der Waals surface area contributed by atoms with E-state index in [4.69, 9.17) is 11.6 Å². The maximum absolute atomic E-state index is 11.7. The summed E-state index contributed by atoms with van der Waals surface area (Å²) in [5.74, 6) is -0.366. The van der Waals surface area contributed by atoms with E-state index in [1.807, 2.05) is 42.5 Å². The van der Waals surface area contributed by atoms with E-state index in [-0.39, 0.29) is 18.4 Å². The Kier molecular flexibility index (Phi) is 6.63. The zero-order valence-corrected chi connectivity index (χ0v) is 13.5. The van der Waals surface area contributed by atoms with Crippen molar-refractivity contribution in [2.24, 2.45) is 0 Å². The summed E-state index contributed by atoms with van der Waals surface area (Å²) in [4.78, 5) is 23.4. The van der Waals surface area contributed by atoms with Crippen molar-refractivity contribution < 1.29 is 9.59 Å². The number of halogens is 1. The summed E-state index contributed by atoms with van der Waals surface area (Å²) in [6.45, 7) is -0.0229. The number of amides is 2. The van der Waals surface area contributed by atoms with Crippen LogP contribution >= 0.6 is 11.6 Å². The lowest BCUT2D eigenvalue weighted by Gasteiger charge is -2.07. The number of aryl methyl sites for hydroxylation is 1. The predicted octanol–water partition coefficient (Wildman–Crippen LogP) is 3.42. The summed E-state index contributed by atoms with van der Waals surface area (Å²) in [7, 11) is 0. The molecular weight excluding hydrogens is 312 g/mol. The SMILES string of the molecule is O=C(CCCc1cccc(Cl)c1)NCC(=O)Nc1ccccc1. The number of carbonyl (C=O) groups is 2. The van der Waals surface area contributed by atoms with Gasteiger partial charge >= 0.3 is 0 Å². The largest absolute Gasteiger partial charge is 0.347 e. The Morgan fingerprint density at radius 3 is 2.48 bits per heavy atom. The molecule has 2 aromatic rings. The molecule has 0 saturated carbocycles. The molecule has 0 bridgehead atoms. The Labute approximate surface area is 140 Å². The van der Waals surface area contributed by atoms with Crippen LogP contribution in [0.1, 0.15) is 18.4 Å². The molecule has 0 fully saturated rings. The Bertz CT molecular complexity index is 659. The summed E-state index contributed by atoms with van der Waals surface area (Å²) in [5, 5.41) is 6.04. The quantitative estimate of drug-likeness (QED) is 0.817. The monoisotopic (exact) mass is 330 g/mol. The van der Waals surface area contributed by atoms with Gasteiger partial charge in [-0.2, -0.15) is 0 Å². The standard InChI is InChI=1S/C18H19ClN2O2/c19-15-8-4-6-14(12-15)7-5-11-17(22)20-13-18(23)21-16-9-2-1-3-10-16/h1-4,6,8-10,12H,5,7,11,13H2,(H,20,22)(H,21,23). The molecule has 0 heterocycles. The molecule has 4 nitrogen and oxygen atoms in total. The molecular formula is C18H19ClN2O2. The Morgan fingerprint density at radius 1 is 0.957 bits per heavy atom. The van der Waals surface area contributed by atoms with Gasteiger partial charge < -0.3 is 10.6 Å². The topological polar surface area (TPSA) is 58.2 Å². The average molecular weight is 331 g/mol. The van der Waals surface area contributed by atoms with Gasteiger partial charge in [-0.1, -0.05) is 41.9 Å². The minimum absolute atomic E-state index is 0.0229. The molecule has 23 heavy (non-hydrogen) atoms. The third-order valence-electron chi connectivity index (χ3n) is 3.26. The van der Waals surface area contributed by atoms with Crippen LogP contribution in [0.2, 0.25) is 5.02 Å². The summed E-state index contributed by atoms with van der Waals surface area (Å²) >= 11 is 5.91. The molecule has 120 valence electrons. The molecule has 0 radical (unpaired) electrons. The first-order valence-electron chi connectivity index (χ1n) is 7.49. The number of hydrogen-bond acceptors (Lipinski definition) is 2. The van der Waals surface area contributed by atoms with Crippen LogP contribution in [0, 0.1) is 0 Å². The number of hydrogen-bond donors (Lipinski definition) is 2. The Morgan fingerprint density at radius 2 is 1.74 bits per heavy atom. The van der Waals surface area contributed by atoms with E-state index < -0.39 is 0 Å². The highest BCUT2D eigenvalue weighted by atomic mass is 35.5. The maximum Gasteiger partial charge on any atom is 0.243 e. The van der Waals surface area contributed by atoms with Crippen molar-refractivity contribution >= 4 is 29.1 Å². The molecule has 0 saturated heterocycles. The molecule has 0 atom stereocenters. The number of benzene rings is 2. The maximum atomic E-state index is 11.7. The fraction of sp³-hybridized carbons (Fsp3) is 0.222. The molecule has 2 amide bonds. The Balaban J connectivity index is 1.64. The molecule has 0 unspecified atom stereocenters. The van der Waals surface area contributed by atoms with Crippen LogP contribution in [-0.2, 0) is 16.0 Å². The van der Waals surface area contributed by atoms with Crippen molar-refractivity contribution in [3.8, 4) is 0 Å². The third-order valence-corrected chi connectivity index (χ3v) is 3.50. The highest BCUT2D eigenvalue weighted by Gasteiger charge is 2.06. The van der Waals surface area contributed by atoms with Crippen molar-refractivity contribution in [1.82, 2.24) is 5.32 Å². The van der Waals surface area contributed by atoms with Gasteiger partial charge in [-0.3, -0.25) is 9.59 Å². The molecule has 0 aliphatic carbocycles. The minimum Gasteiger partial charge on any atom is -0.347 e. The van der Waals surface area contributed by atoms with Crippen molar-refractivity contribution in [3.63, 3.8) is 0 Å². The zero-order chi connectivity index (χ0) is 16.5. The first-order chi connectivity index (χ1) is 11.1. The second-order valence-electron chi connectivity index (χ2n) is 5.17. The van der Waals surface area contributed by atoms with Gasteiger partial charge in [-0.15, -0.1) is 0 Å². The van der Waals surface area contributed by atoms with Gasteiger partial charge in [-0.05, 0) is 42.7 Å². The lowest BCUT2D eigenvalue weighted by Crippen LogP contribution is -2.32. The third kappa shape index (κ3) is 6.53. The highest BCUT2D eigenvalue weighted by molar-refractivity contribution is 6.30. The van der Waals surface area contributed by atoms with Crippen molar-refractivity contribution in [3.05, 3.63) is 65.2 Å². The minimum atomic E-state index is -0.237. The molecule has 0 spiro atoms. The molecule has 0 aliphatic rings. The van der Waals surface area contributed by atoms with E-state index in [0.717, 1.165) is 12.0 Å². The summed E-state index contributed by atoms with van der Waals surface area (Å²) < 4.78 is 0. The lowest BCUT2D eigenvalue weighted by molar-refractivity contribution is -0.124. The lowest BCUT2D eigenvalue weighted by atomic mass is 10.1. The fourth-order valence-electron chi connectivity index (χ4n) is 2.14. The van der Waals surface area contributed by atoms with Gasteiger partial charge in [0.05, 0.1) is 6.54 Å². The molecule has 0 aliphatic heterocycles. The van der Waals surface area contributed by atoms with E-state index in [9.17, 15) is 9.59 Å². The number of nitrogens with one attached hydrogen (secondary N) is 2.